The molecule has 0 spiro atoms. The normalized spacial score (nSPS) is 12.5. The molecule has 2 rings (SSSR count). The molecule has 0 fully saturated rings. The molecule has 10 heteroatoms. The monoisotopic (exact) mass is 459 g/mol. The van der Waals surface area contributed by atoms with Gasteiger partial charge in [-0.3, -0.25) is 0 Å². The lowest BCUT2D eigenvalue weighted by Crippen LogP contribution is -2.35. The van der Waals surface area contributed by atoms with E-state index in [1.54, 1.807) is 6.07 Å². The van der Waals surface area contributed by atoms with E-state index in [1.807, 2.05) is 38.5 Å². The smallest absolute Gasteiger partial charge is 0.333 e. The second-order valence-corrected chi connectivity index (χ2v) is 11.1. The van der Waals surface area contributed by atoms with Crippen molar-refractivity contribution in [1.82, 2.24) is 9.71 Å². The van der Waals surface area contributed by atoms with Gasteiger partial charge in [0, 0.05) is 11.2 Å². The van der Waals surface area contributed by atoms with Gasteiger partial charge in [0.05, 0.1) is 16.2 Å². The number of rotatable bonds is 6. The van der Waals surface area contributed by atoms with E-state index in [2.05, 4.69) is 10.3 Å². The van der Waals surface area contributed by atoms with E-state index in [-0.39, 0.29) is 16.2 Å². The van der Waals surface area contributed by atoms with Crippen molar-refractivity contribution in [2.75, 3.05) is 5.32 Å². The molecule has 0 atom stereocenters. The Morgan fingerprint density at radius 3 is 2.31 bits per heavy atom. The van der Waals surface area contributed by atoms with Crippen LogP contribution in [0.4, 0.5) is 10.5 Å². The number of aromatic nitrogens is 1. The Balaban J connectivity index is 2.33. The quantitative estimate of drug-likeness (QED) is 0.575. The van der Waals surface area contributed by atoms with Gasteiger partial charge in [-0.25, -0.2) is 14.5 Å². The molecule has 1 aromatic carbocycles. The summed E-state index contributed by atoms with van der Waals surface area (Å²) < 4.78 is 26.8. The molecule has 160 valence electrons. The summed E-state index contributed by atoms with van der Waals surface area (Å²) in [6.07, 6.45) is 1.28. The lowest BCUT2D eigenvalue weighted by molar-refractivity contribution is 0.0823. The Morgan fingerprint density at radius 1 is 1.21 bits per heavy atom. The number of anilines is 1. The highest BCUT2D eigenvalue weighted by Gasteiger charge is 2.27. The number of benzene rings is 1. The van der Waals surface area contributed by atoms with Crippen molar-refractivity contribution < 1.29 is 18.3 Å². The third-order valence-electron chi connectivity index (χ3n) is 4.21. The first-order valence-electron chi connectivity index (χ1n) is 9.08. The Kier molecular flexibility index (Phi) is 6.99. The summed E-state index contributed by atoms with van der Waals surface area (Å²) in [5.74, 6) is 0.103. The zero-order chi connectivity index (χ0) is 22.1. The highest BCUT2D eigenvalue weighted by molar-refractivity contribution is 7.92. The fourth-order valence-electron chi connectivity index (χ4n) is 2.77. The number of nitrogens with zero attached hydrogens (tertiary/aromatic N) is 1. The van der Waals surface area contributed by atoms with E-state index in [1.165, 1.54) is 20.0 Å². The molecule has 2 amide bonds. The first-order valence-corrected chi connectivity index (χ1v) is 11.8. The Bertz CT molecular complexity index is 1010. The average molecular weight is 460 g/mol. The number of urea groups is 1. The maximum Gasteiger partial charge on any atom is 0.333 e. The van der Waals surface area contributed by atoms with Crippen LogP contribution in [0.15, 0.2) is 22.7 Å². The minimum Gasteiger partial charge on any atom is -0.385 e. The summed E-state index contributed by atoms with van der Waals surface area (Å²) >= 11 is 7.14. The van der Waals surface area contributed by atoms with Crippen LogP contribution in [0.25, 0.3) is 0 Å². The number of aliphatic hydroxyl groups is 1. The summed E-state index contributed by atoms with van der Waals surface area (Å²) in [6.45, 7) is 10.9. The standard InChI is InChI=1S/C19H26ClN3O4S2/c1-10(2)12-7-8-13(20)15(11(3)4)16(12)22-17(24)23-29(26,27)18-21-9-14(28-18)19(5,6)25/h7-11,25H,1-6H3,(H2,22,23,24). The van der Waals surface area contributed by atoms with Crippen LogP contribution in [0, 0.1) is 0 Å². The zero-order valence-electron chi connectivity index (χ0n) is 17.2. The molecule has 0 radical (unpaired) electrons. The average Bonchev–Trinajstić information content (AvgIpc) is 3.04. The number of nitrogens with one attached hydrogen (secondary N) is 2. The van der Waals surface area contributed by atoms with Crippen LogP contribution >= 0.6 is 22.9 Å². The minimum absolute atomic E-state index is 0.0152. The number of sulfonamides is 1. The van der Waals surface area contributed by atoms with Gasteiger partial charge in [0.2, 0.25) is 4.34 Å². The number of halogens is 1. The Hall–Kier alpha value is -1.68. The summed E-state index contributed by atoms with van der Waals surface area (Å²) in [4.78, 5) is 16.7. The lowest BCUT2D eigenvalue weighted by atomic mass is 9.92. The van der Waals surface area contributed by atoms with Crippen molar-refractivity contribution in [2.24, 2.45) is 0 Å². The molecule has 0 saturated heterocycles. The Labute approximate surface area is 180 Å². The molecule has 0 bridgehead atoms. The predicted octanol–water partition coefficient (Wildman–Crippen LogP) is 4.78. The van der Waals surface area contributed by atoms with Crippen molar-refractivity contribution in [3.63, 3.8) is 0 Å². The van der Waals surface area contributed by atoms with Crippen molar-refractivity contribution in [2.45, 2.75) is 63.3 Å². The molecular formula is C19H26ClN3O4S2. The van der Waals surface area contributed by atoms with Gasteiger partial charge < -0.3 is 10.4 Å². The van der Waals surface area contributed by atoms with E-state index < -0.39 is 21.7 Å². The van der Waals surface area contributed by atoms with Gasteiger partial charge in [-0.1, -0.05) is 45.4 Å². The zero-order valence-corrected chi connectivity index (χ0v) is 19.6. The van der Waals surface area contributed by atoms with E-state index in [0.29, 0.717) is 15.6 Å². The molecule has 0 saturated carbocycles. The third kappa shape index (κ3) is 5.48. The fraction of sp³-hybridized carbons (Fsp3) is 0.474. The van der Waals surface area contributed by atoms with Gasteiger partial charge in [0.15, 0.2) is 0 Å². The number of thiazole rings is 1. The molecule has 0 unspecified atom stereocenters. The highest BCUT2D eigenvalue weighted by Crippen LogP contribution is 2.37. The number of hydrogen-bond donors (Lipinski definition) is 3. The molecular weight excluding hydrogens is 434 g/mol. The molecule has 7 nitrogen and oxygen atoms in total. The second kappa shape index (κ2) is 8.59. The van der Waals surface area contributed by atoms with Gasteiger partial charge in [-0.15, -0.1) is 11.3 Å². The molecule has 0 aliphatic heterocycles. The summed E-state index contributed by atoms with van der Waals surface area (Å²) in [6, 6.07) is 2.69. The van der Waals surface area contributed by atoms with Crippen LogP contribution in [0.5, 0.6) is 0 Å². The molecule has 29 heavy (non-hydrogen) atoms. The molecule has 0 aliphatic carbocycles. The molecule has 1 heterocycles. The van der Waals surface area contributed by atoms with Gasteiger partial charge in [-0.05, 0) is 42.9 Å². The van der Waals surface area contributed by atoms with Crippen molar-refractivity contribution >= 4 is 44.7 Å². The molecule has 0 aliphatic rings. The summed E-state index contributed by atoms with van der Waals surface area (Å²) in [5, 5.41) is 13.2. The third-order valence-corrected chi connectivity index (χ3v) is 7.57. The topological polar surface area (TPSA) is 108 Å². The first-order chi connectivity index (χ1) is 13.2. The minimum atomic E-state index is -4.19. The van der Waals surface area contributed by atoms with Gasteiger partial charge in [0.25, 0.3) is 10.0 Å². The number of carbonyl (C=O) groups excluding carboxylic acids is 1. The van der Waals surface area contributed by atoms with Gasteiger partial charge in [0.1, 0.15) is 0 Å². The van der Waals surface area contributed by atoms with Crippen LogP contribution < -0.4 is 10.0 Å². The Morgan fingerprint density at radius 2 is 1.83 bits per heavy atom. The number of carbonyl (C=O) groups is 1. The number of hydrogen-bond acceptors (Lipinski definition) is 6. The van der Waals surface area contributed by atoms with Gasteiger partial charge in [-0.2, -0.15) is 8.42 Å². The fourth-order valence-corrected chi connectivity index (χ4v) is 5.20. The molecule has 1 aromatic heterocycles. The largest absolute Gasteiger partial charge is 0.385 e. The van der Waals surface area contributed by atoms with Crippen molar-refractivity contribution in [3.05, 3.63) is 39.4 Å². The first kappa shape index (κ1) is 23.6. The van der Waals surface area contributed by atoms with Crippen LogP contribution in [-0.2, 0) is 15.6 Å². The van der Waals surface area contributed by atoms with Crippen LogP contribution in [0.3, 0.4) is 0 Å². The summed E-state index contributed by atoms with van der Waals surface area (Å²) in [5.41, 5.74) is 0.868. The lowest BCUT2D eigenvalue weighted by Gasteiger charge is -2.21. The predicted molar refractivity (Wildman–Crippen MR) is 116 cm³/mol. The maximum atomic E-state index is 12.5. The summed E-state index contributed by atoms with van der Waals surface area (Å²) in [7, 11) is -4.19. The SMILES string of the molecule is CC(C)c1ccc(Cl)c(C(C)C)c1NC(=O)NS(=O)(=O)c1ncc(C(C)(C)O)s1. The van der Waals surface area contributed by atoms with Crippen LogP contribution in [0.2, 0.25) is 5.02 Å². The second-order valence-electron chi connectivity index (χ2n) is 7.84. The maximum absolute atomic E-state index is 12.5. The van der Waals surface area contributed by atoms with E-state index in [4.69, 9.17) is 11.6 Å². The van der Waals surface area contributed by atoms with E-state index in [0.717, 1.165) is 22.5 Å². The van der Waals surface area contributed by atoms with E-state index in [9.17, 15) is 18.3 Å². The van der Waals surface area contributed by atoms with Crippen molar-refractivity contribution in [3.8, 4) is 0 Å². The molecule has 3 N–H and O–H groups in total. The van der Waals surface area contributed by atoms with Crippen LogP contribution in [-0.4, -0.2) is 24.5 Å². The highest BCUT2D eigenvalue weighted by atomic mass is 35.5. The molecule has 2 aromatic rings. The van der Waals surface area contributed by atoms with E-state index >= 15 is 0 Å². The number of amides is 2. The van der Waals surface area contributed by atoms with Crippen molar-refractivity contribution in [1.29, 1.82) is 0 Å². The van der Waals surface area contributed by atoms with Crippen LogP contribution in [0.1, 0.15) is 69.4 Å². The van der Waals surface area contributed by atoms with Gasteiger partial charge >= 0.3 is 6.03 Å².